The van der Waals surface area contributed by atoms with E-state index in [0.717, 1.165) is 11.1 Å². The van der Waals surface area contributed by atoms with Crippen LogP contribution in [0, 0.1) is 0 Å². The number of ether oxygens (including phenoxy) is 2. The van der Waals surface area contributed by atoms with Gasteiger partial charge < -0.3 is 14.8 Å². The number of para-hydroxylation sites is 1. The molecule has 0 radical (unpaired) electrons. The van der Waals surface area contributed by atoms with Crippen molar-refractivity contribution in [1.29, 1.82) is 0 Å². The Hall–Kier alpha value is -2.80. The van der Waals surface area contributed by atoms with Crippen LogP contribution < -0.4 is 14.8 Å². The zero-order chi connectivity index (χ0) is 18.4. The third-order valence-corrected chi connectivity index (χ3v) is 3.97. The number of benzene rings is 2. The zero-order valence-corrected chi connectivity index (χ0v) is 15.4. The lowest BCUT2D eigenvalue weighted by molar-refractivity contribution is 0.267. The standard InChI is InChI=1S/C18H20ClN5O2/c1-3-25-16-6-4-5-14(11-20-18-21-22-23-24(18)2)17(16)26-12-13-7-9-15(19)10-8-13/h4-10H,3,11-12H2,1-2H3,(H,20,21,23). The quantitative estimate of drug-likeness (QED) is 0.651. The number of aromatic nitrogens is 4. The van der Waals surface area contributed by atoms with Crippen LogP contribution in [0.5, 0.6) is 11.5 Å². The molecule has 136 valence electrons. The average molecular weight is 374 g/mol. The van der Waals surface area contributed by atoms with Gasteiger partial charge in [-0.25, -0.2) is 4.68 Å². The van der Waals surface area contributed by atoms with Gasteiger partial charge in [0.05, 0.1) is 6.61 Å². The molecule has 1 aromatic heterocycles. The number of hydrogen-bond donors (Lipinski definition) is 1. The van der Waals surface area contributed by atoms with Gasteiger partial charge in [0.1, 0.15) is 6.61 Å². The number of nitrogens with zero attached hydrogens (tertiary/aromatic N) is 4. The fraction of sp³-hybridized carbons (Fsp3) is 0.278. The summed E-state index contributed by atoms with van der Waals surface area (Å²) in [7, 11) is 1.77. The molecule has 0 bridgehead atoms. The molecule has 0 fully saturated rings. The van der Waals surface area contributed by atoms with Crippen molar-refractivity contribution in [2.75, 3.05) is 11.9 Å². The van der Waals surface area contributed by atoms with E-state index in [1.165, 1.54) is 0 Å². The molecule has 0 saturated carbocycles. The van der Waals surface area contributed by atoms with Crippen molar-refractivity contribution in [3.05, 3.63) is 58.6 Å². The number of rotatable bonds is 8. The fourth-order valence-corrected chi connectivity index (χ4v) is 2.55. The van der Waals surface area contributed by atoms with Gasteiger partial charge in [-0.2, -0.15) is 0 Å². The van der Waals surface area contributed by atoms with Crippen LogP contribution in [0.4, 0.5) is 5.95 Å². The van der Waals surface area contributed by atoms with E-state index in [1.807, 2.05) is 49.4 Å². The Morgan fingerprint density at radius 2 is 1.92 bits per heavy atom. The lowest BCUT2D eigenvalue weighted by atomic mass is 10.1. The van der Waals surface area contributed by atoms with Crippen molar-refractivity contribution in [3.63, 3.8) is 0 Å². The largest absolute Gasteiger partial charge is 0.490 e. The first-order chi connectivity index (χ1) is 12.7. The monoisotopic (exact) mass is 373 g/mol. The van der Waals surface area contributed by atoms with Gasteiger partial charge in [-0.05, 0) is 41.1 Å². The second-order valence-electron chi connectivity index (χ2n) is 5.57. The van der Waals surface area contributed by atoms with E-state index in [9.17, 15) is 0 Å². The Labute approximate surface area is 156 Å². The fourth-order valence-electron chi connectivity index (χ4n) is 2.42. The molecule has 0 saturated heterocycles. The van der Waals surface area contributed by atoms with Crippen molar-refractivity contribution in [1.82, 2.24) is 20.2 Å². The van der Waals surface area contributed by atoms with Crippen LogP contribution in [0.1, 0.15) is 18.1 Å². The van der Waals surface area contributed by atoms with Crippen molar-refractivity contribution in [2.24, 2.45) is 7.05 Å². The lowest BCUT2D eigenvalue weighted by Gasteiger charge is -2.16. The Morgan fingerprint density at radius 3 is 2.62 bits per heavy atom. The summed E-state index contributed by atoms with van der Waals surface area (Å²) in [6.07, 6.45) is 0. The molecule has 7 nitrogen and oxygen atoms in total. The van der Waals surface area contributed by atoms with Gasteiger partial charge in [0.2, 0.25) is 5.95 Å². The molecule has 0 aliphatic rings. The van der Waals surface area contributed by atoms with E-state index >= 15 is 0 Å². The normalized spacial score (nSPS) is 10.6. The highest BCUT2D eigenvalue weighted by molar-refractivity contribution is 6.30. The number of halogens is 1. The maximum atomic E-state index is 6.08. The second-order valence-corrected chi connectivity index (χ2v) is 6.01. The molecular weight excluding hydrogens is 354 g/mol. The first kappa shape index (κ1) is 18.0. The molecule has 0 unspecified atom stereocenters. The summed E-state index contributed by atoms with van der Waals surface area (Å²) in [5, 5.41) is 15.3. The van der Waals surface area contributed by atoms with E-state index in [2.05, 4.69) is 20.8 Å². The maximum Gasteiger partial charge on any atom is 0.242 e. The van der Waals surface area contributed by atoms with Crippen LogP contribution in [0.2, 0.25) is 5.02 Å². The highest BCUT2D eigenvalue weighted by Gasteiger charge is 2.12. The molecule has 0 aliphatic heterocycles. The molecule has 26 heavy (non-hydrogen) atoms. The van der Waals surface area contributed by atoms with Crippen LogP contribution in [0.3, 0.4) is 0 Å². The average Bonchev–Trinajstić information content (AvgIpc) is 3.05. The van der Waals surface area contributed by atoms with E-state index in [0.29, 0.717) is 42.2 Å². The topological polar surface area (TPSA) is 74.1 Å². The van der Waals surface area contributed by atoms with Gasteiger partial charge in [-0.3, -0.25) is 0 Å². The minimum atomic E-state index is 0.416. The summed E-state index contributed by atoms with van der Waals surface area (Å²) in [6, 6.07) is 13.4. The molecule has 8 heteroatoms. The van der Waals surface area contributed by atoms with Crippen LogP contribution in [-0.4, -0.2) is 26.8 Å². The minimum absolute atomic E-state index is 0.416. The minimum Gasteiger partial charge on any atom is -0.490 e. The number of tetrazole rings is 1. The summed E-state index contributed by atoms with van der Waals surface area (Å²) < 4.78 is 13.4. The Kier molecular flexibility index (Phi) is 5.91. The van der Waals surface area contributed by atoms with Crippen LogP contribution in [-0.2, 0) is 20.2 Å². The van der Waals surface area contributed by atoms with Crippen molar-refractivity contribution >= 4 is 17.5 Å². The molecule has 0 spiro atoms. The number of anilines is 1. The predicted molar refractivity (Wildman–Crippen MR) is 99.5 cm³/mol. The van der Waals surface area contributed by atoms with E-state index in [1.54, 1.807) is 11.7 Å². The molecule has 0 atom stereocenters. The van der Waals surface area contributed by atoms with Gasteiger partial charge in [0, 0.05) is 24.2 Å². The van der Waals surface area contributed by atoms with Crippen LogP contribution in [0.25, 0.3) is 0 Å². The van der Waals surface area contributed by atoms with E-state index in [4.69, 9.17) is 21.1 Å². The highest BCUT2D eigenvalue weighted by Crippen LogP contribution is 2.32. The molecule has 0 amide bonds. The first-order valence-electron chi connectivity index (χ1n) is 8.25. The molecule has 1 N–H and O–H groups in total. The summed E-state index contributed by atoms with van der Waals surface area (Å²) in [5.74, 6) is 1.99. The summed E-state index contributed by atoms with van der Waals surface area (Å²) in [4.78, 5) is 0. The van der Waals surface area contributed by atoms with Crippen molar-refractivity contribution in [3.8, 4) is 11.5 Å². The first-order valence-corrected chi connectivity index (χ1v) is 8.63. The molecule has 3 rings (SSSR count). The van der Waals surface area contributed by atoms with Gasteiger partial charge in [-0.15, -0.1) is 0 Å². The smallest absolute Gasteiger partial charge is 0.242 e. The molecule has 1 heterocycles. The van der Waals surface area contributed by atoms with E-state index in [-0.39, 0.29) is 0 Å². The predicted octanol–water partition coefficient (Wildman–Crippen LogP) is 3.45. The molecule has 0 aliphatic carbocycles. The van der Waals surface area contributed by atoms with Gasteiger partial charge in [0.25, 0.3) is 0 Å². The summed E-state index contributed by atoms with van der Waals surface area (Å²) in [6.45, 7) is 3.42. The van der Waals surface area contributed by atoms with Gasteiger partial charge in [-0.1, -0.05) is 41.0 Å². The molecule has 2 aromatic carbocycles. The number of hydrogen-bond acceptors (Lipinski definition) is 6. The molecule has 3 aromatic rings. The summed E-state index contributed by atoms with van der Waals surface area (Å²) >= 11 is 5.94. The van der Waals surface area contributed by atoms with Crippen LogP contribution >= 0.6 is 11.6 Å². The third kappa shape index (κ3) is 4.43. The lowest BCUT2D eigenvalue weighted by Crippen LogP contribution is -2.08. The maximum absolute atomic E-state index is 6.08. The number of nitrogens with one attached hydrogen (secondary N) is 1. The third-order valence-electron chi connectivity index (χ3n) is 3.71. The van der Waals surface area contributed by atoms with Crippen LogP contribution in [0.15, 0.2) is 42.5 Å². The van der Waals surface area contributed by atoms with Crippen molar-refractivity contribution in [2.45, 2.75) is 20.1 Å². The van der Waals surface area contributed by atoms with Gasteiger partial charge in [0.15, 0.2) is 11.5 Å². The SMILES string of the molecule is CCOc1cccc(CNc2nnnn2C)c1OCc1ccc(Cl)cc1. The number of aryl methyl sites for hydroxylation is 1. The Morgan fingerprint density at radius 1 is 1.12 bits per heavy atom. The van der Waals surface area contributed by atoms with Gasteiger partial charge >= 0.3 is 0 Å². The summed E-state index contributed by atoms with van der Waals surface area (Å²) in [5.41, 5.74) is 1.98. The second kappa shape index (κ2) is 8.53. The zero-order valence-electron chi connectivity index (χ0n) is 14.6. The Balaban J connectivity index is 1.78. The van der Waals surface area contributed by atoms with Crippen molar-refractivity contribution < 1.29 is 9.47 Å². The molecular formula is C18H20ClN5O2. The Bertz CT molecular complexity index is 851. The van der Waals surface area contributed by atoms with E-state index < -0.39 is 0 Å². The highest BCUT2D eigenvalue weighted by atomic mass is 35.5.